The Balaban J connectivity index is 1.50. The Kier molecular flexibility index (Phi) is 6.96. The van der Waals surface area contributed by atoms with Crippen molar-refractivity contribution in [3.63, 3.8) is 0 Å². The van der Waals surface area contributed by atoms with Gasteiger partial charge in [0.2, 0.25) is 0 Å². The fraction of sp³-hybridized carbons (Fsp3) is 0. The standard InChI is InChI=1S/C22H15Cl2N3O4S3/c23-12-5-7-13(8-6-12)27-34(30,31)14-9-10-17(28)16(11-14)25-22(32)26-21(29)20-19(24)15-3-1-2-4-18(15)33-20/h1-11,27-28H,(H2,25,26,29,32). The molecule has 0 aliphatic rings. The third-order valence-electron chi connectivity index (χ3n) is 4.59. The summed E-state index contributed by atoms with van der Waals surface area (Å²) < 4.78 is 28.8. The number of benzene rings is 3. The molecule has 4 aromatic rings. The number of carbonyl (C=O) groups is 1. The van der Waals surface area contributed by atoms with Crippen LogP contribution in [0.4, 0.5) is 11.4 Å². The lowest BCUT2D eigenvalue weighted by molar-refractivity contribution is 0.0982. The van der Waals surface area contributed by atoms with Crippen LogP contribution < -0.4 is 15.4 Å². The highest BCUT2D eigenvalue weighted by Gasteiger charge is 2.20. The minimum absolute atomic E-state index is 0.00767. The molecule has 3 aromatic carbocycles. The number of phenolic OH excluding ortho intramolecular Hbond substituents is 1. The fourth-order valence-corrected chi connectivity index (χ4v) is 5.81. The number of halogens is 2. The maximum absolute atomic E-state index is 12.8. The van der Waals surface area contributed by atoms with Crippen LogP contribution in [-0.4, -0.2) is 24.5 Å². The molecule has 7 nitrogen and oxygen atoms in total. The van der Waals surface area contributed by atoms with Crippen LogP contribution in [0.2, 0.25) is 10.0 Å². The van der Waals surface area contributed by atoms with Crippen molar-refractivity contribution in [2.24, 2.45) is 0 Å². The molecular formula is C22H15Cl2N3O4S3. The Bertz CT molecular complexity index is 1520. The van der Waals surface area contributed by atoms with Gasteiger partial charge in [-0.15, -0.1) is 11.3 Å². The van der Waals surface area contributed by atoms with Crippen LogP contribution >= 0.6 is 46.8 Å². The Morgan fingerprint density at radius 2 is 1.71 bits per heavy atom. The molecule has 4 rings (SSSR count). The quantitative estimate of drug-likeness (QED) is 0.183. The third-order valence-corrected chi connectivity index (χ3v) is 8.10. The number of amides is 1. The molecule has 0 aliphatic heterocycles. The minimum atomic E-state index is -3.98. The van der Waals surface area contributed by atoms with Crippen LogP contribution in [-0.2, 0) is 10.0 Å². The highest BCUT2D eigenvalue weighted by atomic mass is 35.5. The average molecular weight is 552 g/mol. The van der Waals surface area contributed by atoms with E-state index in [1.54, 1.807) is 12.1 Å². The van der Waals surface area contributed by atoms with Gasteiger partial charge in [0.05, 0.1) is 15.6 Å². The van der Waals surface area contributed by atoms with Crippen molar-refractivity contribution in [1.82, 2.24) is 5.32 Å². The molecule has 0 unspecified atom stereocenters. The van der Waals surface area contributed by atoms with E-state index in [2.05, 4.69) is 15.4 Å². The van der Waals surface area contributed by atoms with Crippen molar-refractivity contribution in [2.45, 2.75) is 4.90 Å². The van der Waals surface area contributed by atoms with E-state index in [-0.39, 0.29) is 26.3 Å². The Morgan fingerprint density at radius 1 is 1.00 bits per heavy atom. The lowest BCUT2D eigenvalue weighted by atomic mass is 10.2. The van der Waals surface area contributed by atoms with Crippen molar-refractivity contribution in [3.05, 3.63) is 81.7 Å². The summed E-state index contributed by atoms with van der Waals surface area (Å²) in [6.45, 7) is 0. The van der Waals surface area contributed by atoms with Crippen LogP contribution in [0.25, 0.3) is 10.1 Å². The number of phenols is 1. The zero-order valence-corrected chi connectivity index (χ0v) is 21.0. The van der Waals surface area contributed by atoms with Gasteiger partial charge in [0.1, 0.15) is 10.6 Å². The number of thiophene rings is 1. The molecule has 4 N–H and O–H groups in total. The largest absolute Gasteiger partial charge is 0.506 e. The first kappa shape index (κ1) is 24.2. The van der Waals surface area contributed by atoms with Crippen molar-refractivity contribution >= 4 is 89.3 Å². The van der Waals surface area contributed by atoms with E-state index in [0.717, 1.165) is 10.1 Å². The monoisotopic (exact) mass is 551 g/mol. The second kappa shape index (κ2) is 9.77. The Morgan fingerprint density at radius 3 is 2.41 bits per heavy atom. The molecule has 0 bridgehead atoms. The number of thiocarbonyl (C=S) groups is 1. The van der Waals surface area contributed by atoms with Crippen LogP contribution in [0.3, 0.4) is 0 Å². The van der Waals surface area contributed by atoms with Gasteiger partial charge >= 0.3 is 0 Å². The Hall–Kier alpha value is -2.89. The van der Waals surface area contributed by atoms with Crippen LogP contribution in [0.5, 0.6) is 5.75 Å². The van der Waals surface area contributed by atoms with Crippen LogP contribution in [0.1, 0.15) is 9.67 Å². The van der Waals surface area contributed by atoms with E-state index in [1.165, 1.54) is 41.7 Å². The van der Waals surface area contributed by atoms with Crippen LogP contribution in [0.15, 0.2) is 71.6 Å². The number of carbonyl (C=O) groups excluding carboxylic acids is 1. The molecule has 34 heavy (non-hydrogen) atoms. The maximum atomic E-state index is 12.8. The van der Waals surface area contributed by atoms with Crippen molar-refractivity contribution in [1.29, 1.82) is 0 Å². The predicted molar refractivity (Wildman–Crippen MR) is 141 cm³/mol. The molecule has 1 amide bonds. The van der Waals surface area contributed by atoms with Gasteiger partial charge in [0.15, 0.2) is 5.11 Å². The number of hydrogen-bond acceptors (Lipinski definition) is 6. The molecular weight excluding hydrogens is 537 g/mol. The van der Waals surface area contributed by atoms with E-state index < -0.39 is 15.9 Å². The molecule has 0 spiro atoms. The van der Waals surface area contributed by atoms with Gasteiger partial charge < -0.3 is 10.4 Å². The van der Waals surface area contributed by atoms with E-state index in [1.807, 2.05) is 24.3 Å². The van der Waals surface area contributed by atoms with Gasteiger partial charge in [0, 0.05) is 20.8 Å². The molecule has 0 radical (unpaired) electrons. The lowest BCUT2D eigenvalue weighted by Gasteiger charge is -2.13. The number of fused-ring (bicyclic) bond motifs is 1. The zero-order valence-electron chi connectivity index (χ0n) is 17.0. The number of rotatable bonds is 5. The summed E-state index contributed by atoms with van der Waals surface area (Å²) in [4.78, 5) is 12.8. The summed E-state index contributed by atoms with van der Waals surface area (Å²) in [5, 5.41) is 16.7. The first-order valence-corrected chi connectivity index (χ1v) is 13.0. The molecule has 0 aliphatic carbocycles. The third kappa shape index (κ3) is 5.26. The van der Waals surface area contributed by atoms with Gasteiger partial charge in [-0.1, -0.05) is 41.4 Å². The molecule has 0 saturated heterocycles. The van der Waals surface area contributed by atoms with E-state index in [0.29, 0.717) is 15.7 Å². The van der Waals surface area contributed by atoms with Gasteiger partial charge in [-0.2, -0.15) is 0 Å². The first-order chi connectivity index (χ1) is 16.1. The molecule has 1 aromatic heterocycles. The lowest BCUT2D eigenvalue weighted by Crippen LogP contribution is -2.33. The van der Waals surface area contributed by atoms with Crippen molar-refractivity contribution in [3.8, 4) is 5.75 Å². The van der Waals surface area contributed by atoms with Gasteiger partial charge in [-0.05, 0) is 60.7 Å². The second-order valence-electron chi connectivity index (χ2n) is 6.94. The molecule has 12 heteroatoms. The molecule has 174 valence electrons. The van der Waals surface area contributed by atoms with E-state index in [9.17, 15) is 18.3 Å². The highest BCUT2D eigenvalue weighted by molar-refractivity contribution is 7.92. The average Bonchev–Trinajstić information content (AvgIpc) is 3.13. The summed E-state index contributed by atoms with van der Waals surface area (Å²) in [6, 6.07) is 17.1. The number of hydrogen-bond donors (Lipinski definition) is 4. The normalized spacial score (nSPS) is 11.2. The topological polar surface area (TPSA) is 108 Å². The number of nitrogens with one attached hydrogen (secondary N) is 3. The zero-order chi connectivity index (χ0) is 24.5. The molecule has 0 saturated carbocycles. The smallest absolute Gasteiger partial charge is 0.269 e. The SMILES string of the molecule is O=C(NC(=S)Nc1cc(S(=O)(=O)Nc2ccc(Cl)cc2)ccc1O)c1sc2ccccc2c1Cl. The highest BCUT2D eigenvalue weighted by Crippen LogP contribution is 2.35. The van der Waals surface area contributed by atoms with E-state index >= 15 is 0 Å². The molecule has 0 fully saturated rings. The van der Waals surface area contributed by atoms with Crippen molar-refractivity contribution < 1.29 is 18.3 Å². The van der Waals surface area contributed by atoms with E-state index in [4.69, 9.17) is 35.4 Å². The molecule has 0 atom stereocenters. The number of anilines is 2. The number of sulfonamides is 1. The summed E-state index contributed by atoms with van der Waals surface area (Å²) in [5.41, 5.74) is 0.307. The van der Waals surface area contributed by atoms with Gasteiger partial charge in [-0.3, -0.25) is 14.8 Å². The first-order valence-electron chi connectivity index (χ1n) is 9.55. The van der Waals surface area contributed by atoms with Crippen LogP contribution in [0, 0.1) is 0 Å². The van der Waals surface area contributed by atoms with Crippen molar-refractivity contribution in [2.75, 3.05) is 10.0 Å². The van der Waals surface area contributed by atoms with Gasteiger partial charge in [0.25, 0.3) is 15.9 Å². The summed E-state index contributed by atoms with van der Waals surface area (Å²) in [6.07, 6.45) is 0. The summed E-state index contributed by atoms with van der Waals surface area (Å²) in [7, 11) is -3.98. The Labute approximate surface area is 214 Å². The fourth-order valence-electron chi connectivity index (χ4n) is 2.99. The summed E-state index contributed by atoms with van der Waals surface area (Å²) in [5.74, 6) is -0.793. The number of aromatic hydroxyl groups is 1. The molecule has 1 heterocycles. The summed E-state index contributed by atoms with van der Waals surface area (Å²) >= 11 is 18.6. The minimum Gasteiger partial charge on any atom is -0.506 e. The predicted octanol–water partition coefficient (Wildman–Crippen LogP) is 5.84. The van der Waals surface area contributed by atoms with Gasteiger partial charge in [-0.25, -0.2) is 8.42 Å². The second-order valence-corrected chi connectivity index (χ2v) is 10.9. The maximum Gasteiger partial charge on any atom is 0.269 e.